The molecule has 0 bridgehead atoms. The summed E-state index contributed by atoms with van der Waals surface area (Å²) in [6.45, 7) is 2.09. The van der Waals surface area contributed by atoms with Crippen LogP contribution in [0.4, 0.5) is 11.6 Å². The smallest absolute Gasteiger partial charge is 0.260 e. The van der Waals surface area contributed by atoms with Gasteiger partial charge in [0.25, 0.3) is 15.9 Å². The van der Waals surface area contributed by atoms with Crippen molar-refractivity contribution in [3.8, 4) is 0 Å². The van der Waals surface area contributed by atoms with Crippen LogP contribution in [0.15, 0.2) is 58.2 Å². The molecule has 8 nitrogen and oxygen atoms in total. The van der Waals surface area contributed by atoms with Gasteiger partial charge in [0.2, 0.25) is 5.95 Å². The first-order chi connectivity index (χ1) is 17.0. The van der Waals surface area contributed by atoms with Crippen LogP contribution in [-0.4, -0.2) is 52.5 Å². The highest BCUT2D eigenvalue weighted by molar-refractivity contribution is 9.10. The van der Waals surface area contributed by atoms with E-state index in [9.17, 15) is 18.3 Å². The largest absolute Gasteiger partial charge is 0.393 e. The Kier molecular flexibility index (Phi) is 6.72. The number of amides is 1. The number of hydrogen-bond acceptors (Lipinski definition) is 5. The van der Waals surface area contributed by atoms with Crippen LogP contribution >= 0.6 is 39.1 Å². The van der Waals surface area contributed by atoms with E-state index in [0.717, 1.165) is 10.0 Å². The first kappa shape index (κ1) is 25.7. The Morgan fingerprint density at radius 2 is 1.72 bits per heavy atom. The van der Waals surface area contributed by atoms with Crippen LogP contribution < -0.4 is 4.90 Å². The maximum Gasteiger partial charge on any atom is 0.260 e. The highest BCUT2D eigenvalue weighted by Gasteiger charge is 2.52. The minimum absolute atomic E-state index is 0.0718. The number of anilines is 2. The Bertz CT molecular complexity index is 1420. The number of sulfonamides is 1. The number of fused-ring (bicyclic) bond motifs is 1. The molecule has 1 N–H and O–H groups in total. The molecule has 0 radical (unpaired) electrons. The van der Waals surface area contributed by atoms with Crippen LogP contribution in [0.2, 0.25) is 10.0 Å². The summed E-state index contributed by atoms with van der Waals surface area (Å²) < 4.78 is 31.3. The van der Waals surface area contributed by atoms with Crippen molar-refractivity contribution < 1.29 is 18.3 Å². The van der Waals surface area contributed by atoms with Crippen molar-refractivity contribution in [2.75, 3.05) is 18.0 Å². The zero-order valence-electron chi connectivity index (χ0n) is 19.2. The highest BCUT2D eigenvalue weighted by Crippen LogP contribution is 2.45. The van der Waals surface area contributed by atoms with Crippen molar-refractivity contribution in [3.05, 3.63) is 68.7 Å². The number of rotatable bonds is 5. The van der Waals surface area contributed by atoms with Crippen molar-refractivity contribution in [2.45, 2.75) is 42.9 Å². The van der Waals surface area contributed by atoms with E-state index >= 15 is 0 Å². The lowest BCUT2D eigenvalue weighted by atomic mass is 9.92. The number of nitrogens with zero attached hydrogens (tertiary/aromatic N) is 4. The number of aliphatic hydroxyl groups excluding tert-OH is 1. The van der Waals surface area contributed by atoms with Gasteiger partial charge in [0.15, 0.2) is 5.03 Å². The summed E-state index contributed by atoms with van der Waals surface area (Å²) in [5.74, 6) is -0.175. The molecular weight excluding hydrogens is 591 g/mol. The Hall–Kier alpha value is -1.95. The molecule has 3 heterocycles. The summed E-state index contributed by atoms with van der Waals surface area (Å²) in [5.41, 5.74) is -0.0513. The molecule has 0 aliphatic carbocycles. The normalized spacial score (nSPS) is 21.2. The van der Waals surface area contributed by atoms with Gasteiger partial charge in [-0.3, -0.25) is 9.36 Å². The van der Waals surface area contributed by atoms with Crippen molar-refractivity contribution >= 4 is 66.7 Å². The van der Waals surface area contributed by atoms with Crippen molar-refractivity contribution in [1.29, 1.82) is 0 Å². The van der Waals surface area contributed by atoms with Gasteiger partial charge in [-0.15, -0.1) is 0 Å². The van der Waals surface area contributed by atoms with Gasteiger partial charge in [-0.1, -0.05) is 51.3 Å². The molecule has 0 spiro atoms. The minimum Gasteiger partial charge on any atom is -0.393 e. The monoisotopic (exact) mass is 612 g/mol. The van der Waals surface area contributed by atoms with Gasteiger partial charge in [-0.2, -0.15) is 4.31 Å². The van der Waals surface area contributed by atoms with Gasteiger partial charge >= 0.3 is 0 Å². The summed E-state index contributed by atoms with van der Waals surface area (Å²) in [6.07, 6.45) is 1.69. The third-order valence-corrected chi connectivity index (χ3v) is 9.49. The number of halogens is 3. The van der Waals surface area contributed by atoms with Crippen molar-refractivity contribution in [1.82, 2.24) is 13.9 Å². The van der Waals surface area contributed by atoms with E-state index < -0.39 is 21.7 Å². The van der Waals surface area contributed by atoms with E-state index in [0.29, 0.717) is 28.6 Å². The SMILES string of the molecule is C[C@@]1(Cc2ccc(Br)cc2)C(=O)N(c2cc(Cl)cc(Cl)c2)c2ncc(S(=O)(=O)N3CCC(O)CC3)n21. The number of hydrogen-bond donors (Lipinski definition) is 1. The fourth-order valence-corrected chi connectivity index (χ4v) is 7.26. The van der Waals surface area contributed by atoms with Crippen molar-refractivity contribution in [3.63, 3.8) is 0 Å². The molecule has 2 aliphatic heterocycles. The molecule has 0 unspecified atom stereocenters. The average molecular weight is 614 g/mol. The molecule has 1 saturated heterocycles. The standard InChI is InChI=1S/C24H23BrCl2N4O4S/c1-24(13-15-2-4-16(25)5-3-15)22(33)30(19-11-17(26)10-18(27)12-19)23-28-14-21(31(23)24)36(34,35)29-8-6-20(32)7-9-29/h2-5,10-12,14,20,32H,6-9,13H2,1H3/t24-/m1/s1. The lowest BCUT2D eigenvalue weighted by Crippen LogP contribution is -2.44. The van der Waals surface area contributed by atoms with Crippen LogP contribution in [0.25, 0.3) is 0 Å². The number of carbonyl (C=O) groups is 1. The highest BCUT2D eigenvalue weighted by atomic mass is 79.9. The Morgan fingerprint density at radius 1 is 1.11 bits per heavy atom. The number of carbonyl (C=O) groups excluding carboxylic acids is 1. The molecule has 2 aliphatic rings. The Balaban J connectivity index is 1.66. The zero-order valence-corrected chi connectivity index (χ0v) is 23.1. The Morgan fingerprint density at radius 3 is 2.33 bits per heavy atom. The summed E-state index contributed by atoms with van der Waals surface area (Å²) in [4.78, 5) is 19.8. The van der Waals surface area contributed by atoms with Gasteiger partial charge in [0.1, 0.15) is 5.54 Å². The van der Waals surface area contributed by atoms with E-state index in [-0.39, 0.29) is 36.4 Å². The van der Waals surface area contributed by atoms with Gasteiger partial charge in [0.05, 0.1) is 18.0 Å². The molecule has 36 heavy (non-hydrogen) atoms. The van der Waals surface area contributed by atoms with Gasteiger partial charge in [0, 0.05) is 34.0 Å². The summed E-state index contributed by atoms with van der Waals surface area (Å²) in [6, 6.07) is 12.3. The van der Waals surface area contributed by atoms with Crippen LogP contribution in [0.3, 0.4) is 0 Å². The van der Waals surface area contributed by atoms with E-state index in [2.05, 4.69) is 20.9 Å². The predicted octanol–water partition coefficient (Wildman–Crippen LogP) is 4.73. The number of benzene rings is 2. The van der Waals surface area contributed by atoms with E-state index in [1.54, 1.807) is 25.1 Å². The summed E-state index contributed by atoms with van der Waals surface area (Å²) >= 11 is 15.9. The topological polar surface area (TPSA) is 95.7 Å². The molecule has 2 aromatic carbocycles. The van der Waals surface area contributed by atoms with Crippen LogP contribution in [0.5, 0.6) is 0 Å². The van der Waals surface area contributed by atoms with Crippen LogP contribution in [0, 0.1) is 0 Å². The lowest BCUT2D eigenvalue weighted by Gasteiger charge is -2.31. The van der Waals surface area contributed by atoms with E-state index in [1.807, 2.05) is 24.3 Å². The lowest BCUT2D eigenvalue weighted by molar-refractivity contribution is -0.124. The molecule has 190 valence electrons. The van der Waals surface area contributed by atoms with Crippen LogP contribution in [0.1, 0.15) is 25.3 Å². The number of aliphatic hydroxyl groups is 1. The number of imidazole rings is 1. The molecular formula is C24H23BrCl2N4O4S. The van der Waals surface area contributed by atoms with Gasteiger partial charge in [-0.05, 0) is 55.7 Å². The molecule has 3 aromatic rings. The molecule has 1 atom stereocenters. The first-order valence-corrected chi connectivity index (χ1v) is 14.3. The maximum atomic E-state index is 14.1. The van der Waals surface area contributed by atoms with Crippen LogP contribution in [-0.2, 0) is 26.8 Å². The fraction of sp³-hybridized carbons (Fsp3) is 0.333. The molecule has 5 rings (SSSR count). The van der Waals surface area contributed by atoms with E-state index in [1.165, 1.54) is 20.0 Å². The third-order valence-electron chi connectivity index (χ3n) is 6.66. The second-order valence-electron chi connectivity index (χ2n) is 9.21. The molecule has 1 aromatic heterocycles. The second kappa shape index (κ2) is 9.41. The summed E-state index contributed by atoms with van der Waals surface area (Å²) in [5, 5.41) is 10.5. The quantitative estimate of drug-likeness (QED) is 0.449. The second-order valence-corrected chi connectivity index (χ2v) is 12.9. The molecule has 12 heteroatoms. The van der Waals surface area contributed by atoms with E-state index in [4.69, 9.17) is 23.2 Å². The van der Waals surface area contributed by atoms with Crippen molar-refractivity contribution in [2.24, 2.45) is 0 Å². The predicted molar refractivity (Wildman–Crippen MR) is 141 cm³/mol. The fourth-order valence-electron chi connectivity index (χ4n) is 4.83. The van der Waals surface area contributed by atoms with Gasteiger partial charge in [-0.25, -0.2) is 18.3 Å². The first-order valence-electron chi connectivity index (χ1n) is 11.3. The molecule has 1 amide bonds. The molecule has 1 fully saturated rings. The summed E-state index contributed by atoms with van der Waals surface area (Å²) in [7, 11) is -4.00. The number of aromatic nitrogens is 2. The van der Waals surface area contributed by atoms with Gasteiger partial charge < -0.3 is 5.11 Å². The maximum absolute atomic E-state index is 14.1. The number of piperidine rings is 1. The molecule has 0 saturated carbocycles. The minimum atomic E-state index is -4.00. The average Bonchev–Trinajstić information content (AvgIpc) is 3.34. The third kappa shape index (κ3) is 4.37. The Labute approximate surface area is 227 Å². The zero-order chi connectivity index (χ0) is 25.8.